The Bertz CT molecular complexity index is 425. The molecular weight excluding hydrogens is 280 g/mol. The molecule has 0 aliphatic carbocycles. The maximum absolute atomic E-state index is 12.3. The van der Waals surface area contributed by atoms with Gasteiger partial charge in [-0.05, 0) is 53.2 Å². The van der Waals surface area contributed by atoms with E-state index in [0.717, 1.165) is 41.9 Å². The molecule has 4 heteroatoms. The van der Waals surface area contributed by atoms with Crippen molar-refractivity contribution in [3.05, 3.63) is 28.0 Å². The standard InChI is InChI=1S/C13H17BrN2O/c1-9-3-5-16(6-4-9)13(17)12-11(14)7-10(2)8-15-12/h7-9H,3-6H2,1-2H3. The molecule has 1 saturated heterocycles. The molecule has 0 N–H and O–H groups in total. The number of hydrogen-bond donors (Lipinski definition) is 0. The highest BCUT2D eigenvalue weighted by molar-refractivity contribution is 9.10. The van der Waals surface area contributed by atoms with Crippen molar-refractivity contribution >= 4 is 21.8 Å². The van der Waals surface area contributed by atoms with Crippen LogP contribution in [0.25, 0.3) is 0 Å². The lowest BCUT2D eigenvalue weighted by atomic mass is 9.99. The van der Waals surface area contributed by atoms with Gasteiger partial charge in [0.2, 0.25) is 0 Å². The molecule has 0 atom stereocenters. The molecule has 0 radical (unpaired) electrons. The number of aryl methyl sites for hydroxylation is 1. The molecule has 0 saturated carbocycles. The summed E-state index contributed by atoms with van der Waals surface area (Å²) in [6, 6.07) is 1.94. The number of hydrogen-bond acceptors (Lipinski definition) is 2. The molecule has 1 aromatic rings. The average molecular weight is 297 g/mol. The highest BCUT2D eigenvalue weighted by atomic mass is 79.9. The Kier molecular flexibility index (Phi) is 3.82. The Morgan fingerprint density at radius 1 is 1.47 bits per heavy atom. The van der Waals surface area contributed by atoms with Crippen molar-refractivity contribution in [3.8, 4) is 0 Å². The van der Waals surface area contributed by atoms with Gasteiger partial charge in [-0.25, -0.2) is 4.98 Å². The van der Waals surface area contributed by atoms with Gasteiger partial charge in [0.05, 0.1) is 0 Å². The lowest BCUT2D eigenvalue weighted by molar-refractivity contribution is 0.0690. The number of amides is 1. The number of likely N-dealkylation sites (tertiary alicyclic amines) is 1. The number of piperidine rings is 1. The number of halogens is 1. The lowest BCUT2D eigenvalue weighted by Gasteiger charge is -2.30. The fraction of sp³-hybridized carbons (Fsp3) is 0.538. The topological polar surface area (TPSA) is 33.2 Å². The first kappa shape index (κ1) is 12.6. The molecule has 1 fully saturated rings. The summed E-state index contributed by atoms with van der Waals surface area (Å²) >= 11 is 3.42. The maximum Gasteiger partial charge on any atom is 0.273 e. The minimum atomic E-state index is 0.0452. The third kappa shape index (κ3) is 2.86. The zero-order valence-electron chi connectivity index (χ0n) is 10.2. The van der Waals surface area contributed by atoms with Crippen LogP contribution in [0.2, 0.25) is 0 Å². The van der Waals surface area contributed by atoms with Crippen LogP contribution in [0.15, 0.2) is 16.7 Å². The van der Waals surface area contributed by atoms with Crippen molar-refractivity contribution in [2.75, 3.05) is 13.1 Å². The van der Waals surface area contributed by atoms with Crippen LogP contribution in [0.4, 0.5) is 0 Å². The second-order valence-electron chi connectivity index (χ2n) is 4.82. The van der Waals surface area contributed by atoms with Gasteiger partial charge in [-0.2, -0.15) is 0 Å². The molecule has 2 rings (SSSR count). The normalized spacial score (nSPS) is 17.2. The van der Waals surface area contributed by atoms with Crippen molar-refractivity contribution < 1.29 is 4.79 Å². The van der Waals surface area contributed by atoms with Crippen LogP contribution < -0.4 is 0 Å². The predicted octanol–water partition coefficient (Wildman–Crippen LogP) is 3.02. The van der Waals surface area contributed by atoms with Gasteiger partial charge in [-0.1, -0.05) is 6.92 Å². The molecule has 1 amide bonds. The molecule has 0 aromatic carbocycles. The molecule has 17 heavy (non-hydrogen) atoms. The SMILES string of the molecule is Cc1cnc(C(=O)N2CCC(C)CC2)c(Br)c1. The zero-order chi connectivity index (χ0) is 12.4. The first-order chi connectivity index (χ1) is 8.08. The minimum absolute atomic E-state index is 0.0452. The third-order valence-electron chi connectivity index (χ3n) is 3.25. The van der Waals surface area contributed by atoms with Gasteiger partial charge in [0.15, 0.2) is 0 Å². The molecule has 0 unspecified atom stereocenters. The summed E-state index contributed by atoms with van der Waals surface area (Å²) in [5.74, 6) is 0.775. The van der Waals surface area contributed by atoms with E-state index in [1.807, 2.05) is 17.9 Å². The number of carbonyl (C=O) groups excluding carboxylic acids is 1. The fourth-order valence-corrected chi connectivity index (χ4v) is 2.69. The largest absolute Gasteiger partial charge is 0.337 e. The van der Waals surface area contributed by atoms with Gasteiger partial charge in [0.25, 0.3) is 5.91 Å². The van der Waals surface area contributed by atoms with Gasteiger partial charge >= 0.3 is 0 Å². The summed E-state index contributed by atoms with van der Waals surface area (Å²) in [6.07, 6.45) is 3.93. The van der Waals surface area contributed by atoms with Crippen LogP contribution >= 0.6 is 15.9 Å². The number of nitrogens with zero attached hydrogens (tertiary/aromatic N) is 2. The predicted molar refractivity (Wildman–Crippen MR) is 71.0 cm³/mol. The molecule has 0 spiro atoms. The van der Waals surface area contributed by atoms with Crippen LogP contribution in [0.5, 0.6) is 0 Å². The monoisotopic (exact) mass is 296 g/mol. The Balaban J connectivity index is 2.14. The highest BCUT2D eigenvalue weighted by Gasteiger charge is 2.23. The van der Waals surface area contributed by atoms with E-state index in [9.17, 15) is 4.79 Å². The molecule has 0 bridgehead atoms. The molecule has 3 nitrogen and oxygen atoms in total. The van der Waals surface area contributed by atoms with E-state index in [2.05, 4.69) is 27.8 Å². The molecule has 1 aromatic heterocycles. The molecular formula is C13H17BrN2O. The van der Waals surface area contributed by atoms with Gasteiger partial charge < -0.3 is 4.90 Å². The van der Waals surface area contributed by atoms with Gasteiger partial charge in [0, 0.05) is 23.8 Å². The Morgan fingerprint density at radius 3 is 2.71 bits per heavy atom. The van der Waals surface area contributed by atoms with Crippen LogP contribution in [0.3, 0.4) is 0 Å². The summed E-state index contributed by atoms with van der Waals surface area (Å²) in [4.78, 5) is 18.4. The average Bonchev–Trinajstić information content (AvgIpc) is 2.29. The van der Waals surface area contributed by atoms with E-state index in [-0.39, 0.29) is 5.91 Å². The maximum atomic E-state index is 12.3. The number of rotatable bonds is 1. The number of pyridine rings is 1. The Hall–Kier alpha value is -0.900. The minimum Gasteiger partial charge on any atom is -0.337 e. The van der Waals surface area contributed by atoms with Gasteiger partial charge in [0.1, 0.15) is 5.69 Å². The summed E-state index contributed by atoms with van der Waals surface area (Å²) in [6.45, 7) is 5.90. The smallest absolute Gasteiger partial charge is 0.273 e. The zero-order valence-corrected chi connectivity index (χ0v) is 11.8. The second-order valence-corrected chi connectivity index (χ2v) is 5.67. The van der Waals surface area contributed by atoms with Gasteiger partial charge in [-0.15, -0.1) is 0 Å². The summed E-state index contributed by atoms with van der Waals surface area (Å²) < 4.78 is 0.793. The summed E-state index contributed by atoms with van der Waals surface area (Å²) in [7, 11) is 0. The van der Waals surface area contributed by atoms with Gasteiger partial charge in [-0.3, -0.25) is 4.79 Å². The summed E-state index contributed by atoms with van der Waals surface area (Å²) in [5.41, 5.74) is 1.59. The highest BCUT2D eigenvalue weighted by Crippen LogP contribution is 2.21. The van der Waals surface area contributed by atoms with Crippen LogP contribution in [-0.4, -0.2) is 28.9 Å². The van der Waals surface area contributed by atoms with E-state index in [1.165, 1.54) is 0 Å². The lowest BCUT2D eigenvalue weighted by Crippen LogP contribution is -2.38. The molecule has 1 aliphatic heterocycles. The first-order valence-corrected chi connectivity index (χ1v) is 6.78. The van der Waals surface area contributed by atoms with E-state index in [4.69, 9.17) is 0 Å². The van der Waals surface area contributed by atoms with Crippen molar-refractivity contribution in [3.63, 3.8) is 0 Å². The molecule has 92 valence electrons. The van der Waals surface area contributed by atoms with E-state index >= 15 is 0 Å². The van der Waals surface area contributed by atoms with E-state index in [0.29, 0.717) is 5.69 Å². The number of carbonyl (C=O) groups is 1. The van der Waals surface area contributed by atoms with Crippen molar-refractivity contribution in [2.45, 2.75) is 26.7 Å². The second kappa shape index (κ2) is 5.17. The Labute approximate surface area is 110 Å². The Morgan fingerprint density at radius 2 is 2.12 bits per heavy atom. The first-order valence-electron chi connectivity index (χ1n) is 5.99. The quantitative estimate of drug-likeness (QED) is 0.798. The van der Waals surface area contributed by atoms with Crippen LogP contribution in [-0.2, 0) is 0 Å². The van der Waals surface area contributed by atoms with Crippen LogP contribution in [0, 0.1) is 12.8 Å². The van der Waals surface area contributed by atoms with Crippen molar-refractivity contribution in [2.24, 2.45) is 5.92 Å². The van der Waals surface area contributed by atoms with E-state index in [1.54, 1.807) is 6.20 Å². The summed E-state index contributed by atoms with van der Waals surface area (Å²) in [5, 5.41) is 0. The molecule has 1 aliphatic rings. The van der Waals surface area contributed by atoms with Crippen LogP contribution in [0.1, 0.15) is 35.8 Å². The fourth-order valence-electron chi connectivity index (χ4n) is 2.05. The number of aromatic nitrogens is 1. The molecule has 2 heterocycles. The van der Waals surface area contributed by atoms with E-state index < -0.39 is 0 Å². The third-order valence-corrected chi connectivity index (χ3v) is 3.86. The van der Waals surface area contributed by atoms with Crippen molar-refractivity contribution in [1.29, 1.82) is 0 Å². The van der Waals surface area contributed by atoms with Crippen molar-refractivity contribution in [1.82, 2.24) is 9.88 Å².